The number of benzene rings is 2. The van der Waals surface area contributed by atoms with Crippen LogP contribution in [0.3, 0.4) is 0 Å². The van der Waals surface area contributed by atoms with Crippen LogP contribution in [0.4, 0.5) is 0 Å². The van der Waals surface area contributed by atoms with Crippen LogP contribution in [0.25, 0.3) is 10.9 Å². The van der Waals surface area contributed by atoms with E-state index >= 15 is 0 Å². The summed E-state index contributed by atoms with van der Waals surface area (Å²) >= 11 is 0. The summed E-state index contributed by atoms with van der Waals surface area (Å²) in [5.74, 6) is 0.443. The van der Waals surface area contributed by atoms with Crippen molar-refractivity contribution in [3.8, 4) is 0 Å². The lowest BCUT2D eigenvalue weighted by molar-refractivity contribution is 0.0946. The third-order valence-corrected chi connectivity index (χ3v) is 9.85. The van der Waals surface area contributed by atoms with Gasteiger partial charge in [-0.25, -0.2) is 0 Å². The van der Waals surface area contributed by atoms with Gasteiger partial charge in [0, 0.05) is 41.2 Å². The molecule has 1 N–H and O–H groups in total. The van der Waals surface area contributed by atoms with Crippen molar-refractivity contribution in [2.24, 2.45) is 16.7 Å². The molecule has 1 unspecified atom stereocenters. The Kier molecular flexibility index (Phi) is 7.45. The van der Waals surface area contributed by atoms with Gasteiger partial charge in [-0.2, -0.15) is 8.42 Å². The number of piperidine rings is 1. The van der Waals surface area contributed by atoms with Crippen molar-refractivity contribution in [1.29, 1.82) is 0 Å². The van der Waals surface area contributed by atoms with E-state index in [9.17, 15) is 13.2 Å². The minimum atomic E-state index is -4.02. The molecule has 1 saturated carbocycles. The highest BCUT2D eigenvalue weighted by molar-refractivity contribution is 7.85. The monoisotopic (exact) mass is 524 g/mol. The summed E-state index contributed by atoms with van der Waals surface area (Å²) in [5, 5.41) is 1.12. The molecular formula is C30H40N2O4S. The van der Waals surface area contributed by atoms with E-state index in [1.807, 2.05) is 6.92 Å². The summed E-state index contributed by atoms with van der Waals surface area (Å²) in [7, 11) is -1.79. The van der Waals surface area contributed by atoms with Crippen molar-refractivity contribution in [3.63, 3.8) is 0 Å². The van der Waals surface area contributed by atoms with Crippen molar-refractivity contribution < 1.29 is 17.8 Å². The van der Waals surface area contributed by atoms with E-state index in [1.54, 1.807) is 12.1 Å². The van der Waals surface area contributed by atoms with Gasteiger partial charge in [0.15, 0.2) is 5.78 Å². The van der Waals surface area contributed by atoms with Crippen LogP contribution >= 0.6 is 0 Å². The van der Waals surface area contributed by atoms with Gasteiger partial charge in [0.25, 0.3) is 10.1 Å². The molecule has 0 radical (unpaired) electrons. The molecule has 1 aliphatic carbocycles. The van der Waals surface area contributed by atoms with Crippen molar-refractivity contribution in [1.82, 2.24) is 9.47 Å². The fourth-order valence-corrected chi connectivity index (χ4v) is 6.39. The Morgan fingerprint density at radius 3 is 2.19 bits per heavy atom. The average molecular weight is 525 g/mol. The minimum Gasteiger partial charge on any atom is -0.345 e. The first-order chi connectivity index (χ1) is 17.2. The largest absolute Gasteiger partial charge is 0.345 e. The lowest BCUT2D eigenvalue weighted by Crippen LogP contribution is -2.39. The number of Topliss-reactive ketones (excluding diaryl/α,β-unsaturated/α-hetero) is 1. The second kappa shape index (κ2) is 10.0. The number of likely N-dealkylation sites (N-methyl/N-ethyl adjacent to an activating group) is 1. The molecule has 2 aliphatic rings. The number of carbonyl (C=O) groups is 1. The molecule has 1 saturated heterocycles. The fraction of sp³-hybridized carbons (Fsp3) is 0.500. The maximum Gasteiger partial charge on any atom is 0.294 e. The lowest BCUT2D eigenvalue weighted by atomic mass is 10.0. The van der Waals surface area contributed by atoms with Crippen molar-refractivity contribution >= 4 is 26.8 Å². The summed E-state index contributed by atoms with van der Waals surface area (Å²) in [4.78, 5) is 15.8. The average Bonchev–Trinajstić information content (AvgIpc) is 3.08. The first-order valence-electron chi connectivity index (χ1n) is 13.1. The number of aryl methyl sites for hydroxylation is 1. The van der Waals surface area contributed by atoms with E-state index in [-0.39, 0.29) is 21.6 Å². The molecule has 0 bridgehead atoms. The molecule has 6 nitrogen and oxygen atoms in total. The molecule has 2 aromatic carbocycles. The minimum absolute atomic E-state index is 0.0666. The van der Waals surface area contributed by atoms with Crippen LogP contribution in [0.5, 0.6) is 0 Å². The number of rotatable bonds is 5. The van der Waals surface area contributed by atoms with Gasteiger partial charge in [0.05, 0.1) is 4.90 Å². The number of hydrogen-bond acceptors (Lipinski definition) is 4. The van der Waals surface area contributed by atoms with E-state index in [1.165, 1.54) is 43.5 Å². The number of hydrogen-bond donors (Lipinski definition) is 1. The van der Waals surface area contributed by atoms with Gasteiger partial charge in [-0.15, -0.1) is 0 Å². The van der Waals surface area contributed by atoms with Crippen LogP contribution in [0.2, 0.25) is 0 Å². The zero-order valence-electron chi connectivity index (χ0n) is 22.9. The molecule has 37 heavy (non-hydrogen) atoms. The molecular weight excluding hydrogens is 484 g/mol. The topological polar surface area (TPSA) is 79.6 Å². The van der Waals surface area contributed by atoms with Crippen LogP contribution in [0, 0.1) is 23.7 Å². The van der Waals surface area contributed by atoms with Gasteiger partial charge in [-0.3, -0.25) is 9.35 Å². The van der Waals surface area contributed by atoms with Crippen LogP contribution in [-0.4, -0.2) is 47.9 Å². The number of para-hydroxylation sites is 1. The van der Waals surface area contributed by atoms with Gasteiger partial charge >= 0.3 is 0 Å². The van der Waals surface area contributed by atoms with E-state index in [0.717, 1.165) is 23.1 Å². The summed E-state index contributed by atoms with van der Waals surface area (Å²) in [6, 6.07) is 15.0. The van der Waals surface area contributed by atoms with Crippen molar-refractivity contribution in [2.75, 3.05) is 13.6 Å². The highest BCUT2D eigenvalue weighted by Gasteiger charge is 2.68. The molecule has 2 heterocycles. The summed E-state index contributed by atoms with van der Waals surface area (Å²) in [6.45, 7) is 12.9. The van der Waals surface area contributed by atoms with Gasteiger partial charge in [0.1, 0.15) is 0 Å². The third kappa shape index (κ3) is 5.40. The predicted octanol–water partition coefficient (Wildman–Crippen LogP) is 6.23. The van der Waals surface area contributed by atoms with E-state index in [0.29, 0.717) is 11.8 Å². The molecule has 7 heteroatoms. The van der Waals surface area contributed by atoms with E-state index in [2.05, 4.69) is 74.7 Å². The molecule has 200 valence electrons. The summed E-state index contributed by atoms with van der Waals surface area (Å²) in [6.07, 6.45) is 5.99. The van der Waals surface area contributed by atoms with Crippen LogP contribution in [0.1, 0.15) is 62.9 Å². The molecule has 0 amide bonds. The standard InChI is InChI=1S/C23H32N2O.C7H8O3S/c1-22(2)21(23(22,3)4)20(26)18-15-25(19-12-7-6-11-17(18)19)14-16-10-8-9-13-24(16)5;1-6-2-4-7(5-3-6)11(8,9)10/h6-7,11-12,15-16,21H,8-10,13-14H2,1-5H3;2-5H,1H3,(H,8,9,10). The molecule has 2 fully saturated rings. The number of carbonyl (C=O) groups excluding carboxylic acids is 1. The highest BCUT2D eigenvalue weighted by Crippen LogP contribution is 2.69. The zero-order valence-corrected chi connectivity index (χ0v) is 23.7. The Morgan fingerprint density at radius 2 is 1.62 bits per heavy atom. The number of nitrogens with zero attached hydrogens (tertiary/aromatic N) is 2. The Morgan fingerprint density at radius 1 is 1.00 bits per heavy atom. The van der Waals surface area contributed by atoms with Gasteiger partial charge in [0.2, 0.25) is 0 Å². The quantitative estimate of drug-likeness (QED) is 0.316. The van der Waals surface area contributed by atoms with Gasteiger partial charge in [-0.05, 0) is 62.4 Å². The maximum absolute atomic E-state index is 13.4. The Bertz CT molecular complexity index is 1370. The van der Waals surface area contributed by atoms with Crippen LogP contribution in [-0.2, 0) is 16.7 Å². The molecule has 1 aromatic heterocycles. The zero-order chi connectivity index (χ0) is 27.2. The Labute approximate surface area is 221 Å². The SMILES string of the molecule is CN1CCCCC1Cn1cc(C(=O)C2C(C)(C)C2(C)C)c2ccccc21.Cc1ccc(S(=O)(=O)O)cc1. The Balaban J connectivity index is 0.000000245. The first-order valence-corrected chi connectivity index (χ1v) is 14.6. The van der Waals surface area contributed by atoms with Gasteiger partial charge < -0.3 is 9.47 Å². The molecule has 1 aliphatic heterocycles. The van der Waals surface area contributed by atoms with Crippen LogP contribution in [0.15, 0.2) is 59.6 Å². The smallest absolute Gasteiger partial charge is 0.294 e. The fourth-order valence-electron chi connectivity index (χ4n) is 5.91. The predicted molar refractivity (Wildman–Crippen MR) is 149 cm³/mol. The van der Waals surface area contributed by atoms with E-state index in [4.69, 9.17) is 4.55 Å². The third-order valence-electron chi connectivity index (χ3n) is 8.98. The molecule has 5 rings (SSSR count). The second-order valence-electron chi connectivity index (χ2n) is 11.9. The number of aromatic nitrogens is 1. The molecule has 3 aromatic rings. The number of ketones is 1. The normalized spacial score (nSPS) is 21.3. The summed E-state index contributed by atoms with van der Waals surface area (Å²) < 4.78 is 31.9. The molecule has 1 atom stereocenters. The van der Waals surface area contributed by atoms with E-state index < -0.39 is 10.1 Å². The van der Waals surface area contributed by atoms with Crippen molar-refractivity contribution in [3.05, 3.63) is 65.9 Å². The number of fused-ring (bicyclic) bond motifs is 1. The van der Waals surface area contributed by atoms with Crippen molar-refractivity contribution in [2.45, 2.75) is 71.4 Å². The van der Waals surface area contributed by atoms with Gasteiger partial charge in [-0.1, -0.05) is 70.0 Å². The maximum atomic E-state index is 13.4. The first kappa shape index (κ1) is 27.6. The lowest BCUT2D eigenvalue weighted by Gasteiger charge is -2.32. The van der Waals surface area contributed by atoms with Crippen LogP contribution < -0.4 is 0 Å². The second-order valence-corrected chi connectivity index (χ2v) is 13.3. The molecule has 0 spiro atoms. The highest BCUT2D eigenvalue weighted by atomic mass is 32.2. The summed E-state index contributed by atoms with van der Waals surface area (Å²) in [5.41, 5.74) is 3.24. The Hall–Kier alpha value is -2.48. The number of likely N-dealkylation sites (tertiary alicyclic amines) is 1.